The standard InChI is InChI=1S/C13H21ClN4/c1-15-13(16-2)17-9-12(18(3)4)10-7-5-6-8-11(10)14/h5-8,12H,9H2,1-4H3,(H2,15,16,17)/t12-/m0/s1. The first-order valence-electron chi connectivity index (χ1n) is 5.89. The van der Waals surface area contributed by atoms with Gasteiger partial charge in [0.1, 0.15) is 0 Å². The summed E-state index contributed by atoms with van der Waals surface area (Å²) in [5.74, 6) is 0.772. The summed E-state index contributed by atoms with van der Waals surface area (Å²) < 4.78 is 0. The largest absolute Gasteiger partial charge is 0.359 e. The number of nitrogens with zero attached hydrogens (tertiary/aromatic N) is 2. The maximum Gasteiger partial charge on any atom is 0.190 e. The lowest BCUT2D eigenvalue weighted by atomic mass is 10.1. The van der Waals surface area contributed by atoms with Gasteiger partial charge in [0, 0.05) is 25.7 Å². The number of guanidine groups is 1. The van der Waals surface area contributed by atoms with E-state index < -0.39 is 0 Å². The summed E-state index contributed by atoms with van der Waals surface area (Å²) in [5.41, 5.74) is 1.11. The number of rotatable bonds is 4. The molecule has 0 saturated carbocycles. The summed E-state index contributed by atoms with van der Waals surface area (Å²) in [6.07, 6.45) is 0. The van der Waals surface area contributed by atoms with Gasteiger partial charge in [0.15, 0.2) is 5.96 Å². The Morgan fingerprint density at radius 2 is 2.06 bits per heavy atom. The van der Waals surface area contributed by atoms with E-state index in [4.69, 9.17) is 11.6 Å². The minimum absolute atomic E-state index is 0.198. The maximum atomic E-state index is 6.25. The number of aliphatic imine (C=N–C) groups is 1. The van der Waals surface area contributed by atoms with Gasteiger partial charge in [-0.25, -0.2) is 0 Å². The Kier molecular flexibility index (Phi) is 5.95. The van der Waals surface area contributed by atoms with Crippen molar-refractivity contribution < 1.29 is 0 Å². The highest BCUT2D eigenvalue weighted by molar-refractivity contribution is 6.31. The van der Waals surface area contributed by atoms with Crippen LogP contribution in [0.3, 0.4) is 0 Å². The van der Waals surface area contributed by atoms with Gasteiger partial charge in [0.2, 0.25) is 0 Å². The normalized spacial score (nSPS) is 13.6. The number of benzene rings is 1. The number of nitrogens with one attached hydrogen (secondary N) is 2. The van der Waals surface area contributed by atoms with Crippen LogP contribution in [0.25, 0.3) is 0 Å². The van der Waals surface area contributed by atoms with Crippen molar-refractivity contribution in [2.75, 3.05) is 34.7 Å². The van der Waals surface area contributed by atoms with Crippen molar-refractivity contribution in [3.63, 3.8) is 0 Å². The predicted molar refractivity (Wildman–Crippen MR) is 78.3 cm³/mol. The van der Waals surface area contributed by atoms with Gasteiger partial charge in [-0.15, -0.1) is 0 Å². The van der Waals surface area contributed by atoms with E-state index in [1.54, 1.807) is 7.05 Å². The van der Waals surface area contributed by atoms with Crippen LogP contribution < -0.4 is 10.6 Å². The van der Waals surface area contributed by atoms with Crippen LogP contribution in [0.4, 0.5) is 0 Å². The third-order valence-electron chi connectivity index (χ3n) is 2.81. The summed E-state index contributed by atoms with van der Waals surface area (Å²) in [6, 6.07) is 8.11. The molecule has 0 spiro atoms. The summed E-state index contributed by atoms with van der Waals surface area (Å²) in [4.78, 5) is 6.23. The molecule has 2 N–H and O–H groups in total. The molecule has 0 aliphatic rings. The molecule has 1 atom stereocenters. The van der Waals surface area contributed by atoms with Crippen LogP contribution in [-0.2, 0) is 0 Å². The molecule has 0 aliphatic carbocycles. The Labute approximate surface area is 114 Å². The number of hydrogen-bond acceptors (Lipinski definition) is 2. The molecule has 4 nitrogen and oxygen atoms in total. The van der Waals surface area contributed by atoms with Crippen LogP contribution in [0, 0.1) is 0 Å². The summed E-state index contributed by atoms with van der Waals surface area (Å²) in [5, 5.41) is 7.05. The highest BCUT2D eigenvalue weighted by Crippen LogP contribution is 2.25. The van der Waals surface area contributed by atoms with Crippen molar-refractivity contribution in [3.8, 4) is 0 Å². The fourth-order valence-corrected chi connectivity index (χ4v) is 2.05. The van der Waals surface area contributed by atoms with Gasteiger partial charge in [-0.1, -0.05) is 29.8 Å². The van der Waals surface area contributed by atoms with Gasteiger partial charge < -0.3 is 15.5 Å². The lowest BCUT2D eigenvalue weighted by Gasteiger charge is -2.26. The molecule has 0 saturated heterocycles. The van der Waals surface area contributed by atoms with E-state index in [1.165, 1.54) is 0 Å². The first-order chi connectivity index (χ1) is 8.60. The highest BCUT2D eigenvalue weighted by atomic mass is 35.5. The lowest BCUT2D eigenvalue weighted by Crippen LogP contribution is -2.40. The Bertz CT molecular complexity index is 404. The van der Waals surface area contributed by atoms with E-state index in [9.17, 15) is 0 Å². The third kappa shape index (κ3) is 3.89. The predicted octanol–water partition coefficient (Wildman–Crippen LogP) is 1.74. The van der Waals surface area contributed by atoms with Gasteiger partial charge in [0.25, 0.3) is 0 Å². The average molecular weight is 269 g/mol. The smallest absolute Gasteiger partial charge is 0.190 e. The molecule has 1 rings (SSSR count). The van der Waals surface area contributed by atoms with E-state index >= 15 is 0 Å². The topological polar surface area (TPSA) is 39.7 Å². The van der Waals surface area contributed by atoms with Crippen LogP contribution in [0.5, 0.6) is 0 Å². The number of likely N-dealkylation sites (N-methyl/N-ethyl adjacent to an activating group) is 1. The molecule has 0 aliphatic heterocycles. The zero-order chi connectivity index (χ0) is 13.5. The van der Waals surface area contributed by atoms with Crippen molar-refractivity contribution in [2.45, 2.75) is 6.04 Å². The molecule has 5 heteroatoms. The van der Waals surface area contributed by atoms with Crippen molar-refractivity contribution >= 4 is 17.6 Å². The molecular formula is C13H21ClN4. The van der Waals surface area contributed by atoms with Crippen LogP contribution in [0.2, 0.25) is 5.02 Å². The molecule has 100 valence electrons. The fourth-order valence-electron chi connectivity index (χ4n) is 1.79. The lowest BCUT2D eigenvalue weighted by molar-refractivity contribution is 0.298. The highest BCUT2D eigenvalue weighted by Gasteiger charge is 2.16. The molecular weight excluding hydrogens is 248 g/mol. The number of hydrogen-bond donors (Lipinski definition) is 2. The van der Waals surface area contributed by atoms with E-state index in [1.807, 2.05) is 39.3 Å². The molecule has 1 aromatic carbocycles. The minimum Gasteiger partial charge on any atom is -0.359 e. The Hall–Kier alpha value is -1.26. The van der Waals surface area contributed by atoms with Crippen LogP contribution in [0.1, 0.15) is 11.6 Å². The fraction of sp³-hybridized carbons (Fsp3) is 0.462. The zero-order valence-electron chi connectivity index (χ0n) is 11.4. The van der Waals surface area contributed by atoms with Gasteiger partial charge in [-0.2, -0.15) is 0 Å². The molecule has 0 bridgehead atoms. The van der Waals surface area contributed by atoms with Gasteiger partial charge >= 0.3 is 0 Å². The number of halogens is 1. The quantitative estimate of drug-likeness (QED) is 0.646. The van der Waals surface area contributed by atoms with Gasteiger partial charge in [-0.3, -0.25) is 4.99 Å². The van der Waals surface area contributed by atoms with E-state index in [2.05, 4.69) is 26.6 Å². The van der Waals surface area contributed by atoms with Crippen LogP contribution in [0.15, 0.2) is 29.3 Å². The van der Waals surface area contributed by atoms with Crippen molar-refractivity contribution in [2.24, 2.45) is 4.99 Å². The summed E-state index contributed by atoms with van der Waals surface area (Å²) >= 11 is 6.25. The van der Waals surface area contributed by atoms with Crippen molar-refractivity contribution in [1.29, 1.82) is 0 Å². The maximum absolute atomic E-state index is 6.25. The summed E-state index contributed by atoms with van der Waals surface area (Å²) in [6.45, 7) is 0.740. The van der Waals surface area contributed by atoms with E-state index in [0.717, 1.165) is 23.1 Å². The van der Waals surface area contributed by atoms with Crippen molar-refractivity contribution in [1.82, 2.24) is 15.5 Å². The first kappa shape index (κ1) is 14.8. The molecule has 0 heterocycles. The van der Waals surface area contributed by atoms with Gasteiger partial charge in [-0.05, 0) is 25.7 Å². The minimum atomic E-state index is 0.198. The first-order valence-corrected chi connectivity index (χ1v) is 6.27. The Morgan fingerprint density at radius 3 is 2.56 bits per heavy atom. The molecule has 0 unspecified atom stereocenters. The molecule has 0 amide bonds. The van der Waals surface area contributed by atoms with Crippen LogP contribution >= 0.6 is 11.6 Å². The zero-order valence-corrected chi connectivity index (χ0v) is 12.1. The molecule has 0 aromatic heterocycles. The van der Waals surface area contributed by atoms with E-state index in [-0.39, 0.29) is 6.04 Å². The second-order valence-corrected chi connectivity index (χ2v) is 4.61. The Morgan fingerprint density at radius 1 is 1.39 bits per heavy atom. The molecule has 0 fully saturated rings. The third-order valence-corrected chi connectivity index (χ3v) is 3.16. The van der Waals surface area contributed by atoms with Gasteiger partial charge in [0.05, 0.1) is 6.04 Å². The average Bonchev–Trinajstić information content (AvgIpc) is 2.36. The molecule has 1 aromatic rings. The molecule has 0 radical (unpaired) electrons. The summed E-state index contributed by atoms with van der Waals surface area (Å²) in [7, 11) is 7.67. The second-order valence-electron chi connectivity index (χ2n) is 4.20. The van der Waals surface area contributed by atoms with E-state index in [0.29, 0.717) is 0 Å². The van der Waals surface area contributed by atoms with Crippen molar-refractivity contribution in [3.05, 3.63) is 34.9 Å². The molecule has 18 heavy (non-hydrogen) atoms. The monoisotopic (exact) mass is 268 g/mol. The SMILES string of the molecule is CN=C(NC)NC[C@@H](c1ccccc1Cl)N(C)C. The van der Waals surface area contributed by atoms with Crippen LogP contribution in [-0.4, -0.2) is 45.6 Å². The second kappa shape index (κ2) is 7.24. The Balaban J connectivity index is 2.82.